The summed E-state index contributed by atoms with van der Waals surface area (Å²) in [4.78, 5) is 36.2. The Morgan fingerprint density at radius 2 is 1.54 bits per heavy atom. The van der Waals surface area contributed by atoms with E-state index in [9.17, 15) is 19.5 Å². The zero-order chi connectivity index (χ0) is 27.5. The van der Waals surface area contributed by atoms with Gasteiger partial charge in [-0.2, -0.15) is 0 Å². The zero-order valence-corrected chi connectivity index (χ0v) is 21.1. The van der Waals surface area contributed by atoms with Crippen LogP contribution in [0.5, 0.6) is 0 Å². The first-order valence-corrected chi connectivity index (χ1v) is 12.0. The molecule has 0 saturated heterocycles. The molecule has 3 amide bonds. The molecule has 0 unspecified atom stereocenters. The van der Waals surface area contributed by atoms with E-state index >= 15 is 0 Å². The van der Waals surface area contributed by atoms with Crippen molar-refractivity contribution in [2.75, 3.05) is 11.9 Å². The Bertz CT molecular complexity index is 1330. The largest absolute Gasteiger partial charge is 0.391 e. The van der Waals surface area contributed by atoms with Gasteiger partial charge < -0.3 is 21.1 Å². The maximum absolute atomic E-state index is 12.4. The van der Waals surface area contributed by atoms with Crippen molar-refractivity contribution >= 4 is 23.4 Å². The summed E-state index contributed by atoms with van der Waals surface area (Å²) in [5.41, 5.74) is 6.06. The summed E-state index contributed by atoms with van der Waals surface area (Å²) in [6, 6.07) is 20.4. The number of carbonyl (C=O) groups is 3. The first kappa shape index (κ1) is 30.7. The SMILES string of the molecule is C.Cc1cccc(CNCC(=O)Nc2ccc(C#Cc3ccc(C(=O)N[C@H](C(=O)NO)[C@@H](C)O)cc3)cc2)c1. The highest BCUT2D eigenvalue weighted by Crippen LogP contribution is 2.10. The Morgan fingerprint density at radius 1 is 0.923 bits per heavy atom. The smallest absolute Gasteiger partial charge is 0.268 e. The Morgan fingerprint density at radius 3 is 2.10 bits per heavy atom. The minimum Gasteiger partial charge on any atom is -0.391 e. The lowest BCUT2D eigenvalue weighted by molar-refractivity contribution is -0.133. The van der Waals surface area contributed by atoms with Crippen molar-refractivity contribution in [1.82, 2.24) is 16.1 Å². The van der Waals surface area contributed by atoms with Gasteiger partial charge in [0.25, 0.3) is 11.8 Å². The molecular formula is C30H34N4O5. The average molecular weight is 531 g/mol. The molecule has 204 valence electrons. The molecule has 9 nitrogen and oxygen atoms in total. The number of aliphatic hydroxyl groups excluding tert-OH is 1. The molecule has 0 aliphatic carbocycles. The van der Waals surface area contributed by atoms with Crippen molar-refractivity contribution in [2.24, 2.45) is 0 Å². The first-order chi connectivity index (χ1) is 18.2. The number of hydrogen-bond acceptors (Lipinski definition) is 6. The van der Waals surface area contributed by atoms with Crippen LogP contribution in [0, 0.1) is 18.8 Å². The Kier molecular flexibility index (Phi) is 11.9. The number of aliphatic hydroxyl groups is 1. The quantitative estimate of drug-likeness (QED) is 0.143. The van der Waals surface area contributed by atoms with Gasteiger partial charge >= 0.3 is 0 Å². The molecule has 0 aliphatic heterocycles. The molecule has 39 heavy (non-hydrogen) atoms. The first-order valence-electron chi connectivity index (χ1n) is 12.0. The standard InChI is InChI=1S/C29H30N4O5.CH4/c1-19-4-3-5-23(16-19)17-30-18-26(35)31-25-14-10-22(11-15-25)7-6-21-8-12-24(13-9-21)28(36)32-27(20(2)34)29(37)33-38;/h3-5,8-16,20,27,30,34,38H,17-18H2,1-2H3,(H,31,35)(H,32,36)(H,33,37);1H4/t20-,27+;/m1./s1. The van der Waals surface area contributed by atoms with E-state index in [1.54, 1.807) is 48.5 Å². The van der Waals surface area contributed by atoms with Crippen LogP contribution in [-0.4, -0.2) is 46.7 Å². The number of carbonyl (C=O) groups excluding carboxylic acids is 3. The lowest BCUT2D eigenvalue weighted by atomic mass is 10.1. The van der Waals surface area contributed by atoms with Crippen molar-refractivity contribution in [2.45, 2.75) is 40.0 Å². The van der Waals surface area contributed by atoms with Crippen LogP contribution < -0.4 is 21.4 Å². The number of anilines is 1. The average Bonchev–Trinajstić information content (AvgIpc) is 2.91. The molecule has 3 aromatic carbocycles. The summed E-state index contributed by atoms with van der Waals surface area (Å²) in [6.45, 7) is 4.16. The van der Waals surface area contributed by atoms with Gasteiger partial charge in [0.15, 0.2) is 0 Å². The Balaban J connectivity index is 0.00000533. The van der Waals surface area contributed by atoms with E-state index in [4.69, 9.17) is 5.21 Å². The number of rotatable bonds is 9. The van der Waals surface area contributed by atoms with Gasteiger partial charge in [-0.15, -0.1) is 0 Å². The molecule has 0 aromatic heterocycles. The van der Waals surface area contributed by atoms with Crippen molar-refractivity contribution in [1.29, 1.82) is 0 Å². The second kappa shape index (κ2) is 15.1. The third kappa shape index (κ3) is 9.72. The fourth-order valence-electron chi connectivity index (χ4n) is 3.53. The third-order valence-electron chi connectivity index (χ3n) is 5.53. The van der Waals surface area contributed by atoms with Crippen molar-refractivity contribution < 1.29 is 24.7 Å². The van der Waals surface area contributed by atoms with E-state index in [-0.39, 0.29) is 25.4 Å². The van der Waals surface area contributed by atoms with Gasteiger partial charge in [0.1, 0.15) is 6.04 Å². The van der Waals surface area contributed by atoms with Gasteiger partial charge in [-0.25, -0.2) is 5.48 Å². The number of hydroxylamine groups is 1. The van der Waals surface area contributed by atoms with Crippen LogP contribution in [0.15, 0.2) is 72.8 Å². The Labute approximate surface area is 228 Å². The van der Waals surface area contributed by atoms with Crippen molar-refractivity contribution in [3.05, 3.63) is 101 Å². The molecule has 9 heteroatoms. The molecule has 0 bridgehead atoms. The minimum atomic E-state index is -1.30. The summed E-state index contributed by atoms with van der Waals surface area (Å²) >= 11 is 0. The van der Waals surface area contributed by atoms with Crippen LogP contribution >= 0.6 is 0 Å². The monoisotopic (exact) mass is 530 g/mol. The number of amides is 3. The predicted molar refractivity (Wildman–Crippen MR) is 150 cm³/mol. The maximum Gasteiger partial charge on any atom is 0.268 e. The minimum absolute atomic E-state index is 0. The highest BCUT2D eigenvalue weighted by molar-refractivity contribution is 5.97. The van der Waals surface area contributed by atoms with Gasteiger partial charge in [0.2, 0.25) is 5.91 Å². The molecule has 0 radical (unpaired) electrons. The fraction of sp³-hybridized carbons (Fsp3) is 0.233. The molecule has 6 N–H and O–H groups in total. The molecule has 0 saturated carbocycles. The highest BCUT2D eigenvalue weighted by atomic mass is 16.5. The van der Waals surface area contributed by atoms with Crippen LogP contribution in [0.4, 0.5) is 5.69 Å². The predicted octanol–water partition coefficient (Wildman–Crippen LogP) is 2.74. The summed E-state index contributed by atoms with van der Waals surface area (Å²) in [5, 5.41) is 26.7. The van der Waals surface area contributed by atoms with Gasteiger partial charge in [0, 0.05) is 28.9 Å². The molecule has 2 atom stereocenters. The highest BCUT2D eigenvalue weighted by Gasteiger charge is 2.25. The van der Waals surface area contributed by atoms with Gasteiger partial charge in [-0.05, 0) is 67.9 Å². The number of aryl methyl sites for hydroxylation is 1. The molecule has 3 rings (SSSR count). The topological polar surface area (TPSA) is 140 Å². The fourth-order valence-corrected chi connectivity index (χ4v) is 3.53. The number of nitrogens with one attached hydrogen (secondary N) is 4. The molecule has 0 aliphatic rings. The molecule has 0 spiro atoms. The van der Waals surface area contributed by atoms with E-state index in [1.807, 2.05) is 25.1 Å². The summed E-state index contributed by atoms with van der Waals surface area (Å²) in [7, 11) is 0. The van der Waals surface area contributed by atoms with Gasteiger partial charge in [-0.3, -0.25) is 19.6 Å². The summed E-state index contributed by atoms with van der Waals surface area (Å²) in [5.74, 6) is 4.39. The van der Waals surface area contributed by atoms with Crippen LogP contribution in [-0.2, 0) is 16.1 Å². The van der Waals surface area contributed by atoms with Crippen LogP contribution in [0.3, 0.4) is 0 Å². The van der Waals surface area contributed by atoms with E-state index in [2.05, 4.69) is 33.9 Å². The molecular weight excluding hydrogens is 496 g/mol. The van der Waals surface area contributed by atoms with Crippen LogP contribution in [0.25, 0.3) is 0 Å². The number of benzene rings is 3. The van der Waals surface area contributed by atoms with E-state index in [0.29, 0.717) is 17.8 Å². The van der Waals surface area contributed by atoms with E-state index in [1.165, 1.54) is 18.0 Å². The third-order valence-corrected chi connectivity index (χ3v) is 5.53. The second-order valence-corrected chi connectivity index (χ2v) is 8.71. The maximum atomic E-state index is 12.4. The van der Waals surface area contributed by atoms with Crippen LogP contribution in [0.1, 0.15) is 47.0 Å². The van der Waals surface area contributed by atoms with Crippen LogP contribution in [0.2, 0.25) is 0 Å². The van der Waals surface area contributed by atoms with E-state index in [0.717, 1.165) is 11.1 Å². The van der Waals surface area contributed by atoms with Gasteiger partial charge in [0.05, 0.1) is 12.6 Å². The summed E-state index contributed by atoms with van der Waals surface area (Å²) in [6.07, 6.45) is -1.20. The normalized spacial score (nSPS) is 11.6. The zero-order valence-electron chi connectivity index (χ0n) is 21.1. The number of hydrogen-bond donors (Lipinski definition) is 6. The second-order valence-electron chi connectivity index (χ2n) is 8.71. The molecule has 0 heterocycles. The van der Waals surface area contributed by atoms with E-state index < -0.39 is 24.0 Å². The lowest BCUT2D eigenvalue weighted by Crippen LogP contribution is -2.51. The summed E-state index contributed by atoms with van der Waals surface area (Å²) < 4.78 is 0. The molecule has 0 fully saturated rings. The van der Waals surface area contributed by atoms with Crippen molar-refractivity contribution in [3.63, 3.8) is 0 Å². The molecule has 3 aromatic rings. The van der Waals surface area contributed by atoms with Gasteiger partial charge in [-0.1, -0.05) is 49.1 Å². The van der Waals surface area contributed by atoms with Crippen molar-refractivity contribution in [3.8, 4) is 11.8 Å². The lowest BCUT2D eigenvalue weighted by Gasteiger charge is -2.19. The Hall–Kier alpha value is -4.49.